The van der Waals surface area contributed by atoms with Crippen LogP contribution in [0.3, 0.4) is 0 Å². The van der Waals surface area contributed by atoms with E-state index in [1.54, 1.807) is 6.20 Å². The highest BCUT2D eigenvalue weighted by Crippen LogP contribution is 2.60. The summed E-state index contributed by atoms with van der Waals surface area (Å²) in [6, 6.07) is 4.02. The Bertz CT molecular complexity index is 1610. The number of carbonyl (C=O) groups is 1. The first-order valence-electron chi connectivity index (χ1n) is 15.0. The molecule has 0 saturated heterocycles. The van der Waals surface area contributed by atoms with Crippen molar-refractivity contribution in [3.8, 4) is 11.1 Å². The number of hydrogen-bond donors (Lipinski definition) is 1. The van der Waals surface area contributed by atoms with Crippen LogP contribution < -0.4 is 5.32 Å². The topological polar surface area (TPSA) is 86.3 Å². The summed E-state index contributed by atoms with van der Waals surface area (Å²) in [7, 11) is 1.42. The van der Waals surface area contributed by atoms with Crippen LogP contribution in [0, 0.1) is 30.1 Å². The number of rotatable bonds is 6. The molecule has 4 aromatic heterocycles. The van der Waals surface area contributed by atoms with Crippen LogP contribution in [0.15, 0.2) is 43.1 Å². The second-order valence-corrected chi connectivity index (χ2v) is 13.9. The summed E-state index contributed by atoms with van der Waals surface area (Å²) in [5, 5.41) is 8.39. The number of aromatic nitrogens is 5. The van der Waals surface area contributed by atoms with Crippen molar-refractivity contribution in [2.24, 2.45) is 23.2 Å². The lowest BCUT2D eigenvalue weighted by Gasteiger charge is -2.56. The van der Waals surface area contributed by atoms with Crippen LogP contribution in [-0.2, 0) is 16.7 Å². The van der Waals surface area contributed by atoms with Gasteiger partial charge in [-0.2, -0.15) is 5.10 Å². The summed E-state index contributed by atoms with van der Waals surface area (Å²) in [5.74, 6) is 3.05. The Hall–Kier alpha value is -3.68. The zero-order valence-electron chi connectivity index (χ0n) is 24.8. The molecule has 4 heterocycles. The van der Waals surface area contributed by atoms with E-state index in [0.29, 0.717) is 16.6 Å². The number of hydrogen-bond acceptors (Lipinski definition) is 6. The Morgan fingerprint density at radius 2 is 1.76 bits per heavy atom. The highest BCUT2D eigenvalue weighted by Gasteiger charge is 2.51. The van der Waals surface area contributed by atoms with Crippen molar-refractivity contribution >= 4 is 23.1 Å². The van der Waals surface area contributed by atoms with Gasteiger partial charge in [-0.05, 0) is 91.7 Å². The van der Waals surface area contributed by atoms with Crippen LogP contribution in [0.1, 0.15) is 80.9 Å². The molecule has 0 unspecified atom stereocenters. The largest absolute Gasteiger partial charge is 0.465 e. The van der Waals surface area contributed by atoms with Crippen molar-refractivity contribution in [1.29, 1.82) is 0 Å². The Kier molecular flexibility index (Phi) is 6.03. The number of pyridine rings is 2. The van der Waals surface area contributed by atoms with Crippen LogP contribution in [0.25, 0.3) is 16.8 Å². The second kappa shape index (κ2) is 9.43. The maximum Gasteiger partial charge on any atom is 0.342 e. The predicted molar refractivity (Wildman–Crippen MR) is 159 cm³/mol. The molecule has 4 fully saturated rings. The van der Waals surface area contributed by atoms with Crippen molar-refractivity contribution in [2.45, 2.75) is 78.2 Å². The standard InChI is InChI=1S/C33H40N6O2/c1-20-25(16-36-39(20)19-33-13-21-10-22(14-33)12-23(11-21)15-33)24-7-9-38-28(18-35-30(38)29(24)31(40)41-5)37-27-17-34-8-6-26(27)32(2,3)4/h6-9,16-18,21-23,37H,10-15,19H2,1-5H3. The highest BCUT2D eigenvalue weighted by atomic mass is 16.5. The maximum absolute atomic E-state index is 13.3. The first kappa shape index (κ1) is 26.2. The molecule has 8 nitrogen and oxygen atoms in total. The van der Waals surface area contributed by atoms with E-state index in [1.807, 2.05) is 41.3 Å². The summed E-state index contributed by atoms with van der Waals surface area (Å²) < 4.78 is 9.39. The van der Waals surface area contributed by atoms with Crippen LogP contribution in [0.5, 0.6) is 0 Å². The van der Waals surface area contributed by atoms with Gasteiger partial charge in [-0.1, -0.05) is 20.8 Å². The van der Waals surface area contributed by atoms with Crippen LogP contribution in [0.2, 0.25) is 0 Å². The van der Waals surface area contributed by atoms with Crippen molar-refractivity contribution in [1.82, 2.24) is 24.1 Å². The molecule has 4 saturated carbocycles. The minimum atomic E-state index is -0.409. The third kappa shape index (κ3) is 4.43. The predicted octanol–water partition coefficient (Wildman–Crippen LogP) is 6.95. The molecular weight excluding hydrogens is 512 g/mol. The van der Waals surface area contributed by atoms with Gasteiger partial charge in [0.05, 0.1) is 31.4 Å². The van der Waals surface area contributed by atoms with Gasteiger partial charge in [-0.25, -0.2) is 9.78 Å². The summed E-state index contributed by atoms with van der Waals surface area (Å²) in [4.78, 5) is 22.3. The fourth-order valence-electron chi connectivity index (χ4n) is 8.63. The molecule has 4 aromatic rings. The number of methoxy groups -OCH3 is 1. The molecule has 0 spiro atoms. The maximum atomic E-state index is 13.3. The van der Waals surface area contributed by atoms with Crippen LogP contribution >= 0.6 is 0 Å². The summed E-state index contributed by atoms with van der Waals surface area (Å²) in [6.07, 6.45) is 17.6. The van der Waals surface area contributed by atoms with Crippen LogP contribution in [0.4, 0.5) is 11.5 Å². The lowest BCUT2D eigenvalue weighted by atomic mass is 9.49. The zero-order chi connectivity index (χ0) is 28.5. The highest BCUT2D eigenvalue weighted by molar-refractivity contribution is 6.03. The molecule has 4 aliphatic carbocycles. The van der Waals surface area contributed by atoms with E-state index in [4.69, 9.17) is 14.8 Å². The zero-order valence-corrected chi connectivity index (χ0v) is 24.8. The average molecular weight is 553 g/mol. The van der Waals surface area contributed by atoms with Gasteiger partial charge in [-0.15, -0.1) is 0 Å². The molecule has 8 heteroatoms. The second-order valence-electron chi connectivity index (χ2n) is 13.9. The van der Waals surface area contributed by atoms with E-state index in [2.05, 4.69) is 42.7 Å². The third-order valence-electron chi connectivity index (χ3n) is 10.0. The smallest absolute Gasteiger partial charge is 0.342 e. The molecular formula is C33H40N6O2. The van der Waals surface area contributed by atoms with E-state index in [0.717, 1.165) is 58.2 Å². The Morgan fingerprint density at radius 1 is 1.05 bits per heavy atom. The van der Waals surface area contributed by atoms with Gasteiger partial charge in [0.25, 0.3) is 0 Å². The number of esters is 1. The van der Waals surface area contributed by atoms with Gasteiger partial charge in [0.15, 0.2) is 5.65 Å². The lowest BCUT2D eigenvalue weighted by molar-refractivity contribution is -0.0638. The number of anilines is 2. The first-order valence-corrected chi connectivity index (χ1v) is 15.0. The molecule has 4 bridgehead atoms. The van der Waals surface area contributed by atoms with Gasteiger partial charge in [0, 0.05) is 35.8 Å². The Morgan fingerprint density at radius 3 is 2.41 bits per heavy atom. The molecule has 0 amide bonds. The fraction of sp³-hybridized carbons (Fsp3) is 0.515. The average Bonchev–Trinajstić information content (AvgIpc) is 3.49. The molecule has 0 atom stereocenters. The van der Waals surface area contributed by atoms with Crippen LogP contribution in [-0.4, -0.2) is 37.2 Å². The third-order valence-corrected chi connectivity index (χ3v) is 10.0. The van der Waals surface area contributed by atoms with E-state index >= 15 is 0 Å². The molecule has 0 radical (unpaired) electrons. The van der Waals surface area contributed by atoms with Crippen molar-refractivity contribution in [3.05, 3.63) is 59.9 Å². The first-order chi connectivity index (χ1) is 19.6. The lowest BCUT2D eigenvalue weighted by Crippen LogP contribution is -2.48. The molecule has 0 aliphatic heterocycles. The van der Waals surface area contributed by atoms with Gasteiger partial charge in [-0.3, -0.25) is 14.1 Å². The molecule has 1 N–H and O–H groups in total. The quantitative estimate of drug-likeness (QED) is 0.261. The molecule has 4 aliphatic rings. The Balaban J connectivity index is 1.25. The van der Waals surface area contributed by atoms with Crippen molar-refractivity contribution < 1.29 is 9.53 Å². The summed E-state index contributed by atoms with van der Waals surface area (Å²) >= 11 is 0. The Labute approximate surface area is 241 Å². The number of nitrogens with one attached hydrogen (secondary N) is 1. The minimum absolute atomic E-state index is 0.0655. The van der Waals surface area contributed by atoms with Crippen molar-refractivity contribution in [2.75, 3.05) is 12.4 Å². The number of carbonyl (C=O) groups excluding carboxylic acids is 1. The van der Waals surface area contributed by atoms with E-state index < -0.39 is 5.97 Å². The van der Waals surface area contributed by atoms with E-state index in [1.165, 1.54) is 45.6 Å². The number of nitrogens with zero attached hydrogens (tertiary/aromatic N) is 5. The number of fused-ring (bicyclic) bond motifs is 1. The molecule has 0 aromatic carbocycles. The fourth-order valence-corrected chi connectivity index (χ4v) is 8.63. The number of ether oxygens (including phenoxy) is 1. The minimum Gasteiger partial charge on any atom is -0.465 e. The normalized spacial score (nSPS) is 25.1. The van der Waals surface area contributed by atoms with Gasteiger partial charge >= 0.3 is 5.97 Å². The number of imidazole rings is 1. The molecule has 214 valence electrons. The van der Waals surface area contributed by atoms with E-state index in [9.17, 15) is 4.79 Å². The molecule has 8 rings (SSSR count). The van der Waals surface area contributed by atoms with Gasteiger partial charge in [0.1, 0.15) is 11.4 Å². The SMILES string of the molecule is COC(=O)c1c(-c2cnn(CC34CC5CC(CC(C5)C3)C4)c2C)ccn2c(Nc3cnccc3C(C)(C)C)cnc12. The van der Waals surface area contributed by atoms with E-state index in [-0.39, 0.29) is 5.41 Å². The van der Waals surface area contributed by atoms with Crippen molar-refractivity contribution in [3.63, 3.8) is 0 Å². The summed E-state index contributed by atoms with van der Waals surface area (Å²) in [5.41, 5.74) is 6.20. The molecule has 41 heavy (non-hydrogen) atoms. The summed E-state index contributed by atoms with van der Waals surface area (Å²) in [6.45, 7) is 9.62. The van der Waals surface area contributed by atoms with Gasteiger partial charge < -0.3 is 10.1 Å². The van der Waals surface area contributed by atoms with Gasteiger partial charge in [0.2, 0.25) is 0 Å². The monoisotopic (exact) mass is 552 g/mol.